The van der Waals surface area contributed by atoms with E-state index >= 15 is 0 Å². The molecule has 1 aromatic rings. The number of nitrogens with zero attached hydrogens (tertiary/aromatic N) is 3. The highest BCUT2D eigenvalue weighted by Crippen LogP contribution is 2.16. The summed E-state index contributed by atoms with van der Waals surface area (Å²) < 4.78 is 18.3. The van der Waals surface area contributed by atoms with E-state index in [1.54, 1.807) is 0 Å². The second-order valence-electron chi connectivity index (χ2n) is 4.40. The van der Waals surface area contributed by atoms with Gasteiger partial charge in [-0.1, -0.05) is 0 Å². The van der Waals surface area contributed by atoms with Crippen LogP contribution in [0.4, 0.5) is 10.3 Å². The van der Waals surface area contributed by atoms with Crippen LogP contribution in [0.3, 0.4) is 0 Å². The van der Waals surface area contributed by atoms with Gasteiger partial charge in [0.15, 0.2) is 5.82 Å². The molecule has 1 aliphatic heterocycles. The predicted octanol–water partition coefficient (Wildman–Crippen LogP) is 2.01. The first-order valence-corrected chi connectivity index (χ1v) is 6.06. The van der Waals surface area contributed by atoms with Gasteiger partial charge in [0.2, 0.25) is 5.95 Å². The second kappa shape index (κ2) is 5.91. The van der Waals surface area contributed by atoms with Crippen LogP contribution in [0.25, 0.3) is 0 Å². The summed E-state index contributed by atoms with van der Waals surface area (Å²) in [5.41, 5.74) is 0. The van der Waals surface area contributed by atoms with Gasteiger partial charge in [0, 0.05) is 20.2 Å². The highest BCUT2D eigenvalue weighted by atomic mass is 19.1. The highest BCUT2D eigenvalue weighted by Gasteiger charge is 2.15. The van der Waals surface area contributed by atoms with E-state index in [2.05, 4.69) is 9.97 Å². The lowest BCUT2D eigenvalue weighted by Crippen LogP contribution is -2.27. The second-order valence-corrected chi connectivity index (χ2v) is 4.40. The van der Waals surface area contributed by atoms with E-state index in [9.17, 15) is 4.39 Å². The Bertz CT molecular complexity index is 338. The molecule has 1 atom stereocenters. The van der Waals surface area contributed by atoms with Gasteiger partial charge in [-0.2, -0.15) is 0 Å². The molecule has 0 aromatic carbocycles. The molecule has 0 aliphatic carbocycles. The van der Waals surface area contributed by atoms with E-state index < -0.39 is 5.82 Å². The van der Waals surface area contributed by atoms with Crippen LogP contribution in [0.1, 0.15) is 25.7 Å². The Morgan fingerprint density at radius 1 is 1.41 bits per heavy atom. The molecule has 94 valence electrons. The maximum atomic E-state index is 12.7. The largest absolute Gasteiger partial charge is 0.378 e. The number of rotatable bonds is 4. The minimum atomic E-state index is -0.405. The number of ether oxygens (including phenoxy) is 1. The average Bonchev–Trinajstić information content (AvgIpc) is 2.38. The maximum absolute atomic E-state index is 12.7. The molecule has 0 radical (unpaired) electrons. The first-order chi connectivity index (χ1) is 8.25. The quantitative estimate of drug-likeness (QED) is 0.805. The zero-order chi connectivity index (χ0) is 12.1. The summed E-state index contributed by atoms with van der Waals surface area (Å²) in [5.74, 6) is 0.153. The molecule has 1 aliphatic rings. The van der Waals surface area contributed by atoms with E-state index in [-0.39, 0.29) is 0 Å². The van der Waals surface area contributed by atoms with Crippen molar-refractivity contribution in [3.05, 3.63) is 18.2 Å². The summed E-state index contributed by atoms with van der Waals surface area (Å²) in [6.45, 7) is 1.71. The number of hydrogen-bond acceptors (Lipinski definition) is 4. The minimum absolute atomic E-state index is 0.353. The van der Waals surface area contributed by atoms with Crippen molar-refractivity contribution in [3.63, 3.8) is 0 Å². The van der Waals surface area contributed by atoms with Crippen molar-refractivity contribution in [1.29, 1.82) is 0 Å². The van der Waals surface area contributed by atoms with Crippen LogP contribution in [0.5, 0.6) is 0 Å². The fraction of sp³-hybridized carbons (Fsp3) is 0.667. The maximum Gasteiger partial charge on any atom is 0.225 e. The van der Waals surface area contributed by atoms with Crippen LogP contribution in [-0.4, -0.2) is 36.3 Å². The summed E-state index contributed by atoms with van der Waals surface area (Å²) in [5, 5.41) is 0. The monoisotopic (exact) mass is 239 g/mol. The molecule has 17 heavy (non-hydrogen) atoms. The van der Waals surface area contributed by atoms with E-state index in [1.807, 2.05) is 11.9 Å². The van der Waals surface area contributed by atoms with Crippen LogP contribution in [0.2, 0.25) is 0 Å². The van der Waals surface area contributed by atoms with Gasteiger partial charge in [-0.25, -0.2) is 14.4 Å². The number of aromatic nitrogens is 2. The summed E-state index contributed by atoms with van der Waals surface area (Å²) in [6, 6.07) is 0. The molecular weight excluding hydrogens is 221 g/mol. The Morgan fingerprint density at radius 3 is 2.82 bits per heavy atom. The van der Waals surface area contributed by atoms with Crippen LogP contribution in [-0.2, 0) is 4.74 Å². The van der Waals surface area contributed by atoms with E-state index in [0.717, 1.165) is 26.0 Å². The Morgan fingerprint density at radius 2 is 2.18 bits per heavy atom. The molecule has 1 saturated heterocycles. The molecule has 0 amide bonds. The van der Waals surface area contributed by atoms with Gasteiger partial charge in [0.1, 0.15) is 0 Å². The van der Waals surface area contributed by atoms with Crippen molar-refractivity contribution in [2.45, 2.75) is 31.8 Å². The first kappa shape index (κ1) is 12.2. The van der Waals surface area contributed by atoms with Gasteiger partial charge in [-0.15, -0.1) is 0 Å². The van der Waals surface area contributed by atoms with Crippen molar-refractivity contribution in [1.82, 2.24) is 9.97 Å². The van der Waals surface area contributed by atoms with Crippen LogP contribution < -0.4 is 4.90 Å². The Labute approximate surface area is 101 Å². The molecule has 1 unspecified atom stereocenters. The van der Waals surface area contributed by atoms with Gasteiger partial charge < -0.3 is 9.64 Å². The van der Waals surface area contributed by atoms with Crippen molar-refractivity contribution in [2.24, 2.45) is 0 Å². The molecule has 5 heteroatoms. The number of anilines is 1. The fourth-order valence-electron chi connectivity index (χ4n) is 1.98. The third-order valence-corrected chi connectivity index (χ3v) is 3.01. The summed E-state index contributed by atoms with van der Waals surface area (Å²) in [7, 11) is 1.91. The summed E-state index contributed by atoms with van der Waals surface area (Å²) >= 11 is 0. The van der Waals surface area contributed by atoms with Crippen molar-refractivity contribution in [2.75, 3.05) is 25.1 Å². The molecule has 0 N–H and O–H groups in total. The van der Waals surface area contributed by atoms with Crippen LogP contribution >= 0.6 is 0 Å². The lowest BCUT2D eigenvalue weighted by Gasteiger charge is -2.25. The van der Waals surface area contributed by atoms with Crippen molar-refractivity contribution in [3.8, 4) is 0 Å². The minimum Gasteiger partial charge on any atom is -0.378 e. The highest BCUT2D eigenvalue weighted by molar-refractivity contribution is 5.26. The lowest BCUT2D eigenvalue weighted by atomic mass is 10.1. The third-order valence-electron chi connectivity index (χ3n) is 3.01. The zero-order valence-corrected chi connectivity index (χ0v) is 10.1. The molecule has 0 bridgehead atoms. The lowest BCUT2D eigenvalue weighted by molar-refractivity contribution is 0.0126. The van der Waals surface area contributed by atoms with Crippen LogP contribution in [0.15, 0.2) is 12.4 Å². The van der Waals surface area contributed by atoms with Gasteiger partial charge >= 0.3 is 0 Å². The Kier molecular flexibility index (Phi) is 4.25. The first-order valence-electron chi connectivity index (χ1n) is 6.06. The van der Waals surface area contributed by atoms with Crippen molar-refractivity contribution < 1.29 is 9.13 Å². The standard InChI is InChI=1S/C12H18FN3O/c1-16(12-14-8-10(13)9-15-12)6-5-11-4-2-3-7-17-11/h8-9,11H,2-7H2,1H3. The molecule has 0 saturated carbocycles. The number of halogens is 1. The molecular formula is C12H18FN3O. The van der Waals surface area contributed by atoms with E-state index in [4.69, 9.17) is 4.74 Å². The Hall–Kier alpha value is -1.23. The topological polar surface area (TPSA) is 38.2 Å². The Balaban J connectivity index is 1.80. The third kappa shape index (κ3) is 3.63. The van der Waals surface area contributed by atoms with Gasteiger partial charge in [-0.05, 0) is 25.7 Å². The normalized spacial score (nSPS) is 20.2. The molecule has 1 aromatic heterocycles. The van der Waals surface area contributed by atoms with E-state index in [0.29, 0.717) is 12.1 Å². The van der Waals surface area contributed by atoms with Gasteiger partial charge in [0.05, 0.1) is 18.5 Å². The molecule has 2 heterocycles. The smallest absolute Gasteiger partial charge is 0.225 e. The molecule has 0 spiro atoms. The SMILES string of the molecule is CN(CCC1CCCCO1)c1ncc(F)cn1. The number of hydrogen-bond donors (Lipinski definition) is 0. The zero-order valence-electron chi connectivity index (χ0n) is 10.1. The van der Waals surface area contributed by atoms with Gasteiger partial charge in [0.25, 0.3) is 0 Å². The summed E-state index contributed by atoms with van der Waals surface area (Å²) in [6.07, 6.45) is 7.27. The van der Waals surface area contributed by atoms with E-state index in [1.165, 1.54) is 25.2 Å². The predicted molar refractivity (Wildman–Crippen MR) is 63.5 cm³/mol. The fourth-order valence-corrected chi connectivity index (χ4v) is 1.98. The molecule has 1 fully saturated rings. The molecule has 2 rings (SSSR count). The molecule has 4 nitrogen and oxygen atoms in total. The van der Waals surface area contributed by atoms with Crippen LogP contribution in [0, 0.1) is 5.82 Å². The van der Waals surface area contributed by atoms with Crippen molar-refractivity contribution >= 4 is 5.95 Å². The average molecular weight is 239 g/mol. The summed E-state index contributed by atoms with van der Waals surface area (Å²) in [4.78, 5) is 9.81. The van der Waals surface area contributed by atoms with Gasteiger partial charge in [-0.3, -0.25) is 0 Å².